The minimum atomic E-state index is 0.217. The summed E-state index contributed by atoms with van der Waals surface area (Å²) in [6.45, 7) is 2.20. The molecule has 0 aliphatic heterocycles. The average molecular weight is 206 g/mol. The first-order valence-corrected chi connectivity index (χ1v) is 6.22. The highest BCUT2D eigenvalue weighted by Gasteiger charge is 2.48. The molecule has 0 spiro atoms. The molecule has 0 aromatic rings. The Kier molecular flexibility index (Phi) is 2.02. The summed E-state index contributed by atoms with van der Waals surface area (Å²) < 4.78 is 0. The monoisotopic (exact) mass is 206 g/mol. The van der Waals surface area contributed by atoms with Gasteiger partial charge in [-0.3, -0.25) is 9.59 Å². The van der Waals surface area contributed by atoms with Crippen molar-refractivity contribution in [2.24, 2.45) is 29.6 Å². The van der Waals surface area contributed by atoms with E-state index >= 15 is 0 Å². The molecule has 0 amide bonds. The fourth-order valence-corrected chi connectivity index (χ4v) is 4.08. The second kappa shape index (κ2) is 3.16. The Morgan fingerprint density at radius 2 is 1.07 bits per heavy atom. The van der Waals surface area contributed by atoms with Gasteiger partial charge < -0.3 is 0 Å². The van der Waals surface area contributed by atoms with Gasteiger partial charge in [0.25, 0.3) is 0 Å². The fraction of sp³-hybridized carbons (Fsp3) is 0.846. The van der Waals surface area contributed by atoms with Crippen LogP contribution in [0.2, 0.25) is 0 Å². The summed E-state index contributed by atoms with van der Waals surface area (Å²) in [5.74, 6) is 2.44. The van der Waals surface area contributed by atoms with Crippen molar-refractivity contribution in [2.75, 3.05) is 0 Å². The Balaban J connectivity index is 1.97. The molecule has 15 heavy (non-hydrogen) atoms. The zero-order valence-corrected chi connectivity index (χ0v) is 9.24. The van der Waals surface area contributed by atoms with Crippen molar-refractivity contribution in [3.63, 3.8) is 0 Å². The lowest BCUT2D eigenvalue weighted by atomic mass is 9.58. The molecule has 4 aliphatic rings. The normalized spacial score (nSPS) is 49.3. The molecule has 2 nitrogen and oxygen atoms in total. The van der Waals surface area contributed by atoms with E-state index in [-0.39, 0.29) is 23.7 Å². The summed E-state index contributed by atoms with van der Waals surface area (Å²) in [5, 5.41) is 0. The molecule has 0 radical (unpaired) electrons. The van der Waals surface area contributed by atoms with Crippen molar-refractivity contribution < 1.29 is 9.59 Å². The molecule has 2 heteroatoms. The van der Waals surface area contributed by atoms with E-state index in [2.05, 4.69) is 6.92 Å². The molecule has 4 rings (SSSR count). The lowest BCUT2D eigenvalue weighted by molar-refractivity contribution is -0.145. The first kappa shape index (κ1) is 9.56. The number of hydrogen-bond acceptors (Lipinski definition) is 2. The van der Waals surface area contributed by atoms with Gasteiger partial charge in [-0.05, 0) is 38.0 Å². The molecule has 4 saturated carbocycles. The highest BCUT2D eigenvalue weighted by molar-refractivity contribution is 5.92. The number of carbonyl (C=O) groups excluding carboxylic acids is 2. The van der Waals surface area contributed by atoms with Crippen LogP contribution in [0.25, 0.3) is 0 Å². The van der Waals surface area contributed by atoms with Crippen molar-refractivity contribution in [2.45, 2.75) is 39.0 Å². The molecule has 0 saturated heterocycles. The Morgan fingerprint density at radius 1 is 0.733 bits per heavy atom. The topological polar surface area (TPSA) is 34.1 Å². The standard InChI is InChI=1S/C13H18O2/c1-7-2-8-4-10-6-11(12(8)14)5-9(3-7)13(10)15/h7-11H,2-6H2,1H3/t7?,8?,9?,10-,11-/m1/s1. The summed E-state index contributed by atoms with van der Waals surface area (Å²) in [6, 6.07) is 0. The number of ketones is 2. The van der Waals surface area contributed by atoms with Gasteiger partial charge in [0.15, 0.2) is 0 Å². The first-order valence-electron chi connectivity index (χ1n) is 6.22. The third-order valence-corrected chi connectivity index (χ3v) is 4.69. The van der Waals surface area contributed by atoms with Crippen LogP contribution >= 0.6 is 0 Å². The van der Waals surface area contributed by atoms with Gasteiger partial charge >= 0.3 is 0 Å². The van der Waals surface area contributed by atoms with Crippen molar-refractivity contribution in [3.8, 4) is 0 Å². The van der Waals surface area contributed by atoms with Crippen LogP contribution in [-0.4, -0.2) is 11.6 Å². The minimum absolute atomic E-state index is 0.217. The third-order valence-electron chi connectivity index (χ3n) is 4.69. The van der Waals surface area contributed by atoms with E-state index in [9.17, 15) is 9.59 Å². The highest BCUT2D eigenvalue weighted by atomic mass is 16.1. The molecule has 82 valence electrons. The lowest BCUT2D eigenvalue weighted by Crippen LogP contribution is -2.47. The van der Waals surface area contributed by atoms with Crippen LogP contribution < -0.4 is 0 Å². The van der Waals surface area contributed by atoms with Gasteiger partial charge in [-0.2, -0.15) is 0 Å². The molecular formula is C13H18O2. The first-order chi connectivity index (χ1) is 7.15. The number of hydrogen-bond donors (Lipinski definition) is 0. The van der Waals surface area contributed by atoms with E-state index in [0.29, 0.717) is 17.5 Å². The summed E-state index contributed by atoms with van der Waals surface area (Å²) in [6.07, 6.45) is 4.69. The van der Waals surface area contributed by atoms with E-state index in [1.807, 2.05) is 0 Å². The molecular weight excluding hydrogens is 188 g/mol. The van der Waals surface area contributed by atoms with E-state index in [0.717, 1.165) is 32.1 Å². The van der Waals surface area contributed by atoms with Crippen LogP contribution in [0.3, 0.4) is 0 Å². The van der Waals surface area contributed by atoms with Crippen LogP contribution in [0.5, 0.6) is 0 Å². The van der Waals surface area contributed by atoms with Crippen LogP contribution in [0.15, 0.2) is 0 Å². The Hall–Kier alpha value is -0.660. The van der Waals surface area contributed by atoms with Gasteiger partial charge in [0, 0.05) is 23.7 Å². The molecule has 0 heterocycles. The Bertz CT molecular complexity index is 290. The highest BCUT2D eigenvalue weighted by Crippen LogP contribution is 2.47. The largest absolute Gasteiger partial charge is 0.299 e. The van der Waals surface area contributed by atoms with E-state index in [1.54, 1.807) is 0 Å². The molecule has 2 unspecified atom stereocenters. The maximum atomic E-state index is 12.1. The molecule has 0 N–H and O–H groups in total. The average Bonchev–Trinajstić information content (AvgIpc) is 2.20. The molecule has 4 atom stereocenters. The van der Waals surface area contributed by atoms with Crippen LogP contribution in [0.1, 0.15) is 39.0 Å². The van der Waals surface area contributed by atoms with Gasteiger partial charge in [-0.1, -0.05) is 6.92 Å². The van der Waals surface area contributed by atoms with Crippen LogP contribution in [-0.2, 0) is 9.59 Å². The van der Waals surface area contributed by atoms with E-state index < -0.39 is 0 Å². The van der Waals surface area contributed by atoms with Crippen molar-refractivity contribution in [1.29, 1.82) is 0 Å². The zero-order valence-electron chi connectivity index (χ0n) is 9.24. The summed E-state index contributed by atoms with van der Waals surface area (Å²) >= 11 is 0. The third kappa shape index (κ3) is 1.37. The second-order valence-electron chi connectivity index (χ2n) is 5.88. The summed E-state index contributed by atoms with van der Waals surface area (Å²) in [7, 11) is 0. The number of Topliss-reactive ketones (excluding diaryl/α,β-unsaturated/α-hetero) is 2. The Morgan fingerprint density at radius 3 is 1.47 bits per heavy atom. The molecule has 4 fully saturated rings. The van der Waals surface area contributed by atoms with Gasteiger partial charge in [-0.15, -0.1) is 0 Å². The maximum absolute atomic E-state index is 12.1. The molecule has 4 bridgehead atoms. The predicted molar refractivity (Wildman–Crippen MR) is 56.2 cm³/mol. The SMILES string of the molecule is CC1CC2C[C@@H]3C[C@@H](CC(C1)C3=O)C2=O. The van der Waals surface area contributed by atoms with Crippen molar-refractivity contribution >= 4 is 11.6 Å². The van der Waals surface area contributed by atoms with Gasteiger partial charge in [0.1, 0.15) is 11.6 Å². The van der Waals surface area contributed by atoms with Crippen LogP contribution in [0.4, 0.5) is 0 Å². The zero-order chi connectivity index (χ0) is 10.6. The molecule has 0 aromatic carbocycles. The quantitative estimate of drug-likeness (QED) is 0.609. The molecule has 0 aromatic heterocycles. The van der Waals surface area contributed by atoms with E-state index in [1.165, 1.54) is 0 Å². The number of rotatable bonds is 0. The van der Waals surface area contributed by atoms with Crippen molar-refractivity contribution in [3.05, 3.63) is 0 Å². The van der Waals surface area contributed by atoms with Crippen molar-refractivity contribution in [1.82, 2.24) is 0 Å². The maximum Gasteiger partial charge on any atom is 0.139 e. The number of fused-ring (bicyclic) bond motifs is 2. The molecule has 4 aliphatic carbocycles. The minimum Gasteiger partial charge on any atom is -0.299 e. The fourth-order valence-electron chi connectivity index (χ4n) is 4.08. The predicted octanol–water partition coefficient (Wildman–Crippen LogP) is 2.22. The summed E-state index contributed by atoms with van der Waals surface area (Å²) in [4.78, 5) is 24.2. The van der Waals surface area contributed by atoms with Gasteiger partial charge in [0.2, 0.25) is 0 Å². The van der Waals surface area contributed by atoms with Crippen LogP contribution in [0, 0.1) is 29.6 Å². The lowest BCUT2D eigenvalue weighted by Gasteiger charge is -2.44. The Labute approximate surface area is 90.4 Å². The van der Waals surface area contributed by atoms with Gasteiger partial charge in [0.05, 0.1) is 0 Å². The summed E-state index contributed by atoms with van der Waals surface area (Å²) in [5.41, 5.74) is 0. The van der Waals surface area contributed by atoms with E-state index in [4.69, 9.17) is 0 Å². The smallest absolute Gasteiger partial charge is 0.139 e. The number of carbonyl (C=O) groups is 2. The van der Waals surface area contributed by atoms with Gasteiger partial charge in [-0.25, -0.2) is 0 Å². The second-order valence-corrected chi connectivity index (χ2v) is 5.88.